The smallest absolute Gasteiger partial charge is 0.237 e. The molecule has 0 saturated carbocycles. The first-order valence-electron chi connectivity index (χ1n) is 7.41. The molecular formula is C15H23N3O3S. The minimum Gasteiger partial charge on any atom is -0.352 e. The van der Waals surface area contributed by atoms with E-state index < -0.39 is 16.1 Å². The number of nitrogens with two attached hydrogens (primary N) is 1. The summed E-state index contributed by atoms with van der Waals surface area (Å²) in [6, 6.07) is 9.05. The van der Waals surface area contributed by atoms with E-state index in [2.05, 4.69) is 5.32 Å². The minimum absolute atomic E-state index is 0.00711. The lowest BCUT2D eigenvalue weighted by Gasteiger charge is -2.31. The second kappa shape index (κ2) is 7.21. The first kappa shape index (κ1) is 16.9. The Morgan fingerprint density at radius 2 is 1.91 bits per heavy atom. The van der Waals surface area contributed by atoms with Gasteiger partial charge in [0.05, 0.1) is 12.3 Å². The summed E-state index contributed by atoms with van der Waals surface area (Å²) >= 11 is 0. The van der Waals surface area contributed by atoms with Crippen LogP contribution in [0.3, 0.4) is 0 Å². The number of carbonyl (C=O) groups is 1. The fraction of sp³-hybridized carbons (Fsp3) is 0.533. The molecule has 1 saturated heterocycles. The number of nitrogens with zero attached hydrogens (tertiary/aromatic N) is 1. The van der Waals surface area contributed by atoms with Gasteiger partial charge < -0.3 is 11.1 Å². The molecule has 1 fully saturated rings. The van der Waals surface area contributed by atoms with E-state index >= 15 is 0 Å². The Hall–Kier alpha value is -1.44. The van der Waals surface area contributed by atoms with Gasteiger partial charge >= 0.3 is 0 Å². The van der Waals surface area contributed by atoms with Gasteiger partial charge in [-0.1, -0.05) is 30.3 Å². The van der Waals surface area contributed by atoms with Crippen LogP contribution >= 0.6 is 0 Å². The van der Waals surface area contributed by atoms with E-state index in [1.807, 2.05) is 30.3 Å². The van der Waals surface area contributed by atoms with Gasteiger partial charge in [0.15, 0.2) is 0 Å². The molecule has 6 nitrogen and oxygen atoms in total. The van der Waals surface area contributed by atoms with Crippen molar-refractivity contribution in [1.29, 1.82) is 0 Å². The third-order valence-corrected chi connectivity index (χ3v) is 5.21. The summed E-state index contributed by atoms with van der Waals surface area (Å²) in [5, 5.41) is 2.93. The standard InChI is InChI=1S/C15H23N3O3S/c1-22(20,21)18-9-7-13(8-10-18)17-15(19)14(16)11-12-5-3-2-4-6-12/h2-6,13-14H,7-11,16H2,1H3,(H,17,19)/t14-/m0/s1. The summed E-state index contributed by atoms with van der Waals surface area (Å²) in [5.74, 6) is -0.179. The molecule has 1 heterocycles. The van der Waals surface area contributed by atoms with Gasteiger partial charge in [0, 0.05) is 19.1 Å². The Balaban J connectivity index is 1.80. The maximum absolute atomic E-state index is 12.1. The summed E-state index contributed by atoms with van der Waals surface area (Å²) in [5.41, 5.74) is 6.97. The average Bonchev–Trinajstić information content (AvgIpc) is 2.48. The first-order chi connectivity index (χ1) is 10.4. The molecule has 2 rings (SSSR count). The largest absolute Gasteiger partial charge is 0.352 e. The van der Waals surface area contributed by atoms with E-state index in [0.717, 1.165) is 5.56 Å². The van der Waals surface area contributed by atoms with Gasteiger partial charge in [-0.05, 0) is 24.8 Å². The predicted molar refractivity (Wildman–Crippen MR) is 85.7 cm³/mol. The van der Waals surface area contributed by atoms with Crippen LogP contribution < -0.4 is 11.1 Å². The summed E-state index contributed by atoms with van der Waals surface area (Å²) < 4.78 is 24.3. The highest BCUT2D eigenvalue weighted by atomic mass is 32.2. The van der Waals surface area contributed by atoms with Gasteiger partial charge in [-0.25, -0.2) is 12.7 Å². The number of benzene rings is 1. The third-order valence-electron chi connectivity index (χ3n) is 3.90. The molecule has 1 amide bonds. The van der Waals surface area contributed by atoms with E-state index in [4.69, 9.17) is 5.73 Å². The monoisotopic (exact) mass is 325 g/mol. The second-order valence-corrected chi connectivity index (χ2v) is 7.72. The first-order valence-corrected chi connectivity index (χ1v) is 9.26. The Bertz CT molecular complexity index is 596. The Kier molecular flexibility index (Phi) is 5.55. The van der Waals surface area contributed by atoms with Crippen molar-refractivity contribution in [3.05, 3.63) is 35.9 Å². The van der Waals surface area contributed by atoms with Crippen molar-refractivity contribution in [2.45, 2.75) is 31.3 Å². The van der Waals surface area contributed by atoms with E-state index in [1.165, 1.54) is 10.6 Å². The molecule has 0 unspecified atom stereocenters. The number of rotatable bonds is 5. The summed E-state index contributed by atoms with van der Waals surface area (Å²) in [6.07, 6.45) is 2.95. The molecule has 1 aliphatic rings. The van der Waals surface area contributed by atoms with Crippen LogP contribution in [0.5, 0.6) is 0 Å². The van der Waals surface area contributed by atoms with E-state index in [9.17, 15) is 13.2 Å². The predicted octanol–water partition coefficient (Wildman–Crippen LogP) is 0.0966. The lowest BCUT2D eigenvalue weighted by Crippen LogP contribution is -2.50. The zero-order valence-corrected chi connectivity index (χ0v) is 13.6. The molecule has 0 bridgehead atoms. The van der Waals surface area contributed by atoms with Crippen molar-refractivity contribution in [1.82, 2.24) is 9.62 Å². The summed E-state index contributed by atoms with van der Waals surface area (Å²) in [6.45, 7) is 0.884. The van der Waals surface area contributed by atoms with Crippen molar-refractivity contribution in [2.75, 3.05) is 19.3 Å². The lowest BCUT2D eigenvalue weighted by atomic mass is 10.0. The Labute approximate surface area is 131 Å². The molecule has 1 aromatic rings. The van der Waals surface area contributed by atoms with Crippen molar-refractivity contribution in [3.63, 3.8) is 0 Å². The van der Waals surface area contributed by atoms with Crippen molar-refractivity contribution in [2.24, 2.45) is 5.73 Å². The number of hydrogen-bond acceptors (Lipinski definition) is 4. The molecule has 0 aliphatic carbocycles. The maximum Gasteiger partial charge on any atom is 0.237 e. The number of sulfonamides is 1. The summed E-state index contributed by atoms with van der Waals surface area (Å²) in [4.78, 5) is 12.1. The molecule has 22 heavy (non-hydrogen) atoms. The molecule has 7 heteroatoms. The number of piperidine rings is 1. The van der Waals surface area contributed by atoms with E-state index in [-0.39, 0.29) is 11.9 Å². The lowest BCUT2D eigenvalue weighted by molar-refractivity contribution is -0.123. The van der Waals surface area contributed by atoms with Crippen molar-refractivity contribution >= 4 is 15.9 Å². The topological polar surface area (TPSA) is 92.5 Å². The van der Waals surface area contributed by atoms with Crippen molar-refractivity contribution < 1.29 is 13.2 Å². The quantitative estimate of drug-likeness (QED) is 0.803. The Morgan fingerprint density at radius 1 is 1.32 bits per heavy atom. The van der Waals surface area contributed by atoms with Crippen LogP contribution in [0, 0.1) is 0 Å². The Morgan fingerprint density at radius 3 is 2.45 bits per heavy atom. The maximum atomic E-state index is 12.1. The van der Waals surface area contributed by atoms with Crippen LogP contribution in [-0.4, -0.2) is 50.1 Å². The number of nitrogens with one attached hydrogen (secondary N) is 1. The molecule has 0 spiro atoms. The highest BCUT2D eigenvalue weighted by molar-refractivity contribution is 7.88. The van der Waals surface area contributed by atoms with Gasteiger partial charge in [-0.2, -0.15) is 0 Å². The van der Waals surface area contributed by atoms with Crippen LogP contribution in [0.1, 0.15) is 18.4 Å². The van der Waals surface area contributed by atoms with Crippen LogP contribution in [0.4, 0.5) is 0 Å². The molecule has 1 atom stereocenters. The normalized spacial score (nSPS) is 18.8. The van der Waals surface area contributed by atoms with Crippen LogP contribution in [0.25, 0.3) is 0 Å². The van der Waals surface area contributed by atoms with Gasteiger partial charge in [0.1, 0.15) is 0 Å². The fourth-order valence-corrected chi connectivity index (χ4v) is 3.47. The van der Waals surface area contributed by atoms with Crippen LogP contribution in [0.15, 0.2) is 30.3 Å². The fourth-order valence-electron chi connectivity index (χ4n) is 2.60. The third kappa shape index (κ3) is 4.79. The van der Waals surface area contributed by atoms with Gasteiger partial charge in [-0.3, -0.25) is 4.79 Å². The highest BCUT2D eigenvalue weighted by Gasteiger charge is 2.26. The molecule has 3 N–H and O–H groups in total. The zero-order chi connectivity index (χ0) is 16.2. The highest BCUT2D eigenvalue weighted by Crippen LogP contribution is 2.13. The molecule has 0 aromatic heterocycles. The van der Waals surface area contributed by atoms with Gasteiger partial charge in [0.25, 0.3) is 0 Å². The number of hydrogen-bond donors (Lipinski definition) is 2. The van der Waals surface area contributed by atoms with Crippen LogP contribution in [-0.2, 0) is 21.2 Å². The molecule has 122 valence electrons. The molecule has 1 aromatic carbocycles. The molecule has 0 radical (unpaired) electrons. The second-order valence-electron chi connectivity index (χ2n) is 5.74. The van der Waals surface area contributed by atoms with Crippen molar-refractivity contribution in [3.8, 4) is 0 Å². The number of carbonyl (C=O) groups excluding carboxylic acids is 1. The molecular weight excluding hydrogens is 302 g/mol. The van der Waals surface area contributed by atoms with E-state index in [1.54, 1.807) is 0 Å². The zero-order valence-electron chi connectivity index (χ0n) is 12.7. The SMILES string of the molecule is CS(=O)(=O)N1CCC(NC(=O)[C@@H](N)Cc2ccccc2)CC1. The van der Waals surface area contributed by atoms with Gasteiger partial charge in [-0.15, -0.1) is 0 Å². The number of amides is 1. The van der Waals surface area contributed by atoms with Gasteiger partial charge in [0.2, 0.25) is 15.9 Å². The van der Waals surface area contributed by atoms with Crippen LogP contribution in [0.2, 0.25) is 0 Å². The minimum atomic E-state index is -3.14. The van der Waals surface area contributed by atoms with E-state index in [0.29, 0.717) is 32.4 Å². The average molecular weight is 325 g/mol. The summed E-state index contributed by atoms with van der Waals surface area (Å²) in [7, 11) is -3.14. The molecule has 1 aliphatic heterocycles.